The molecule has 0 aromatic carbocycles. The van der Waals surface area contributed by atoms with E-state index in [1.54, 1.807) is 22.4 Å². The Balaban J connectivity index is 2.56. The maximum atomic E-state index is 10.8. The van der Waals surface area contributed by atoms with E-state index in [9.17, 15) is 4.79 Å². The molecule has 78 valence electrons. The Bertz CT molecular complexity index is 287. The first-order valence-corrected chi connectivity index (χ1v) is 5.34. The molecule has 1 N–H and O–H groups in total. The van der Waals surface area contributed by atoms with Crippen molar-refractivity contribution in [3.05, 3.63) is 16.6 Å². The molecule has 1 aromatic rings. The van der Waals surface area contributed by atoms with Gasteiger partial charge in [-0.1, -0.05) is 6.92 Å². The van der Waals surface area contributed by atoms with E-state index in [2.05, 4.69) is 4.98 Å². The third-order valence-electron chi connectivity index (χ3n) is 2.07. The number of carboxylic acid groups (broad SMARTS) is 1. The van der Waals surface area contributed by atoms with Crippen LogP contribution in [-0.4, -0.2) is 34.0 Å². The number of nitrogens with zero attached hydrogens (tertiary/aromatic N) is 2. The van der Waals surface area contributed by atoms with Crippen molar-refractivity contribution in [2.45, 2.75) is 25.9 Å². The smallest absolute Gasteiger partial charge is 0.320 e. The predicted molar refractivity (Wildman–Crippen MR) is 55.3 cm³/mol. The molecule has 0 amide bonds. The molecule has 1 aromatic heterocycles. The van der Waals surface area contributed by atoms with Crippen LogP contribution < -0.4 is 0 Å². The molecule has 4 nitrogen and oxygen atoms in total. The summed E-state index contributed by atoms with van der Waals surface area (Å²) in [5.41, 5.74) is 0. The molecule has 5 heteroatoms. The van der Waals surface area contributed by atoms with E-state index in [0.717, 1.165) is 5.01 Å². The Morgan fingerprint density at radius 1 is 1.79 bits per heavy atom. The van der Waals surface area contributed by atoms with E-state index < -0.39 is 12.0 Å². The summed E-state index contributed by atoms with van der Waals surface area (Å²) in [5.74, 6) is -0.772. The molecule has 0 bridgehead atoms. The highest BCUT2D eigenvalue weighted by Gasteiger charge is 2.20. The van der Waals surface area contributed by atoms with Crippen LogP contribution >= 0.6 is 11.3 Å². The number of rotatable bonds is 5. The van der Waals surface area contributed by atoms with Crippen LogP contribution in [0.15, 0.2) is 11.6 Å². The van der Waals surface area contributed by atoms with Crippen molar-refractivity contribution in [3.8, 4) is 0 Å². The molecule has 0 aliphatic heterocycles. The Hall–Kier alpha value is -0.940. The lowest BCUT2D eigenvalue weighted by atomic mass is 10.2. The van der Waals surface area contributed by atoms with Crippen molar-refractivity contribution in [2.75, 3.05) is 7.05 Å². The molecule has 1 atom stereocenters. The van der Waals surface area contributed by atoms with Gasteiger partial charge in [0, 0.05) is 11.6 Å². The highest BCUT2D eigenvalue weighted by atomic mass is 32.1. The standard InChI is InChI=1S/C9H14N2O2S/c1-3-7(9(12)13)11(2)6-8-10-4-5-14-8/h4-5,7H,3,6H2,1-2H3,(H,12,13). The molecule has 1 unspecified atom stereocenters. The number of likely N-dealkylation sites (N-methyl/N-ethyl adjacent to an activating group) is 1. The highest BCUT2D eigenvalue weighted by molar-refractivity contribution is 7.09. The van der Waals surface area contributed by atoms with Crippen LogP contribution in [-0.2, 0) is 11.3 Å². The lowest BCUT2D eigenvalue weighted by molar-refractivity contribution is -0.143. The summed E-state index contributed by atoms with van der Waals surface area (Å²) in [6.45, 7) is 2.47. The average molecular weight is 214 g/mol. The largest absolute Gasteiger partial charge is 0.480 e. The van der Waals surface area contributed by atoms with Gasteiger partial charge in [-0.3, -0.25) is 9.69 Å². The molecule has 0 aliphatic carbocycles. The zero-order valence-corrected chi connectivity index (χ0v) is 9.12. The number of carbonyl (C=O) groups is 1. The maximum absolute atomic E-state index is 10.8. The van der Waals surface area contributed by atoms with Crippen molar-refractivity contribution < 1.29 is 9.90 Å². The van der Waals surface area contributed by atoms with Gasteiger partial charge < -0.3 is 5.11 Å². The number of carboxylic acids is 1. The van der Waals surface area contributed by atoms with Crippen molar-refractivity contribution in [1.82, 2.24) is 9.88 Å². The van der Waals surface area contributed by atoms with Crippen molar-refractivity contribution >= 4 is 17.3 Å². The lowest BCUT2D eigenvalue weighted by Gasteiger charge is -2.21. The van der Waals surface area contributed by atoms with Gasteiger partial charge in [0.05, 0.1) is 6.54 Å². The predicted octanol–water partition coefficient (Wildman–Crippen LogP) is 1.44. The van der Waals surface area contributed by atoms with E-state index in [4.69, 9.17) is 5.11 Å². The fraction of sp³-hybridized carbons (Fsp3) is 0.556. The summed E-state index contributed by atoms with van der Waals surface area (Å²) in [5, 5.41) is 11.8. The van der Waals surface area contributed by atoms with Crippen LogP contribution in [0.25, 0.3) is 0 Å². The highest BCUT2D eigenvalue weighted by Crippen LogP contribution is 2.10. The van der Waals surface area contributed by atoms with Crippen LogP contribution in [0.3, 0.4) is 0 Å². The third-order valence-corrected chi connectivity index (χ3v) is 2.84. The van der Waals surface area contributed by atoms with E-state index in [-0.39, 0.29) is 0 Å². The minimum atomic E-state index is -0.772. The fourth-order valence-corrected chi connectivity index (χ4v) is 2.01. The second-order valence-corrected chi connectivity index (χ2v) is 4.08. The average Bonchev–Trinajstić information content (AvgIpc) is 2.57. The fourth-order valence-electron chi connectivity index (χ4n) is 1.33. The number of aromatic nitrogens is 1. The van der Waals surface area contributed by atoms with E-state index in [1.807, 2.05) is 19.4 Å². The Kier molecular flexibility index (Phi) is 4.03. The van der Waals surface area contributed by atoms with E-state index in [1.165, 1.54) is 0 Å². The van der Waals surface area contributed by atoms with Gasteiger partial charge in [-0.25, -0.2) is 4.98 Å². The number of hydrogen-bond acceptors (Lipinski definition) is 4. The molecule has 0 saturated carbocycles. The van der Waals surface area contributed by atoms with Crippen LogP contribution in [0.4, 0.5) is 0 Å². The summed E-state index contributed by atoms with van der Waals surface area (Å²) in [6.07, 6.45) is 2.34. The molecule has 1 heterocycles. The number of hydrogen-bond donors (Lipinski definition) is 1. The van der Waals surface area contributed by atoms with Crippen LogP contribution in [0, 0.1) is 0 Å². The van der Waals surface area contributed by atoms with Crippen LogP contribution in [0.1, 0.15) is 18.4 Å². The van der Waals surface area contributed by atoms with Crippen LogP contribution in [0.5, 0.6) is 0 Å². The lowest BCUT2D eigenvalue weighted by Crippen LogP contribution is -2.37. The molecule has 0 saturated heterocycles. The zero-order valence-electron chi connectivity index (χ0n) is 8.30. The summed E-state index contributed by atoms with van der Waals surface area (Å²) < 4.78 is 0. The van der Waals surface area contributed by atoms with E-state index >= 15 is 0 Å². The molecule has 0 spiro atoms. The molecule has 14 heavy (non-hydrogen) atoms. The monoisotopic (exact) mass is 214 g/mol. The summed E-state index contributed by atoms with van der Waals surface area (Å²) >= 11 is 1.55. The van der Waals surface area contributed by atoms with Gasteiger partial charge in [-0.15, -0.1) is 11.3 Å². The second kappa shape index (κ2) is 5.07. The first kappa shape index (κ1) is 11.1. The summed E-state index contributed by atoms with van der Waals surface area (Å²) in [6, 6.07) is -0.418. The summed E-state index contributed by atoms with van der Waals surface area (Å²) in [7, 11) is 1.81. The van der Waals surface area contributed by atoms with Crippen molar-refractivity contribution in [2.24, 2.45) is 0 Å². The normalized spacial score (nSPS) is 13.1. The van der Waals surface area contributed by atoms with Gasteiger partial charge in [0.25, 0.3) is 0 Å². The van der Waals surface area contributed by atoms with Gasteiger partial charge in [-0.05, 0) is 13.5 Å². The van der Waals surface area contributed by atoms with Crippen molar-refractivity contribution in [1.29, 1.82) is 0 Å². The Labute approximate surface area is 87.2 Å². The van der Waals surface area contributed by atoms with Gasteiger partial charge in [0.2, 0.25) is 0 Å². The first-order valence-electron chi connectivity index (χ1n) is 4.46. The third kappa shape index (κ3) is 2.78. The molecule has 0 aliphatic rings. The Morgan fingerprint density at radius 3 is 2.93 bits per heavy atom. The molecular weight excluding hydrogens is 200 g/mol. The van der Waals surface area contributed by atoms with Gasteiger partial charge in [-0.2, -0.15) is 0 Å². The zero-order chi connectivity index (χ0) is 10.6. The topological polar surface area (TPSA) is 53.4 Å². The molecular formula is C9H14N2O2S. The van der Waals surface area contributed by atoms with Gasteiger partial charge >= 0.3 is 5.97 Å². The first-order chi connectivity index (χ1) is 6.65. The van der Waals surface area contributed by atoms with Gasteiger partial charge in [0.1, 0.15) is 11.0 Å². The van der Waals surface area contributed by atoms with E-state index in [0.29, 0.717) is 13.0 Å². The molecule has 1 rings (SSSR count). The number of aliphatic carboxylic acids is 1. The minimum absolute atomic E-state index is 0.418. The quantitative estimate of drug-likeness (QED) is 0.805. The molecule has 0 radical (unpaired) electrons. The summed E-state index contributed by atoms with van der Waals surface area (Å²) in [4.78, 5) is 16.8. The maximum Gasteiger partial charge on any atom is 0.320 e. The SMILES string of the molecule is CCC(C(=O)O)N(C)Cc1nccs1. The van der Waals surface area contributed by atoms with Crippen molar-refractivity contribution in [3.63, 3.8) is 0 Å². The second-order valence-electron chi connectivity index (χ2n) is 3.10. The minimum Gasteiger partial charge on any atom is -0.480 e. The number of thiazole rings is 1. The van der Waals surface area contributed by atoms with Gasteiger partial charge in [0.15, 0.2) is 0 Å². The van der Waals surface area contributed by atoms with Crippen LogP contribution in [0.2, 0.25) is 0 Å². The molecule has 0 fully saturated rings. The Morgan fingerprint density at radius 2 is 2.50 bits per heavy atom.